The zero-order valence-electron chi connectivity index (χ0n) is 11.8. The number of alkyl halides is 3. The maximum Gasteiger partial charge on any atom is 0.416 e. The Kier molecular flexibility index (Phi) is 5.07. The molecule has 0 aliphatic carbocycles. The number of hydrogen-bond acceptors (Lipinski definition) is 2. The molecule has 0 bridgehead atoms. The Labute approximate surface area is 122 Å². The van der Waals surface area contributed by atoms with E-state index in [2.05, 4.69) is 5.32 Å². The molecule has 0 radical (unpaired) electrons. The van der Waals surface area contributed by atoms with Crippen molar-refractivity contribution in [2.75, 3.05) is 6.54 Å². The second-order valence-electron chi connectivity index (χ2n) is 4.91. The molecule has 1 unspecified atom stereocenters. The summed E-state index contributed by atoms with van der Waals surface area (Å²) >= 11 is 0. The quantitative estimate of drug-likeness (QED) is 0.844. The summed E-state index contributed by atoms with van der Waals surface area (Å²) in [4.78, 5) is 0. The van der Waals surface area contributed by atoms with E-state index in [1.165, 1.54) is 12.1 Å². The molecule has 1 heterocycles. The van der Waals surface area contributed by atoms with Crippen LogP contribution in [0.4, 0.5) is 13.2 Å². The van der Waals surface area contributed by atoms with Gasteiger partial charge in [0.05, 0.1) is 11.8 Å². The van der Waals surface area contributed by atoms with Crippen LogP contribution >= 0.6 is 0 Å². The molecule has 1 aromatic heterocycles. The molecule has 0 aliphatic rings. The number of nitrogens with one attached hydrogen (secondary N) is 1. The molecular formula is C16H18F3NO. The van der Waals surface area contributed by atoms with Crippen molar-refractivity contribution in [3.05, 3.63) is 59.5 Å². The van der Waals surface area contributed by atoms with Gasteiger partial charge in [0.25, 0.3) is 0 Å². The van der Waals surface area contributed by atoms with Gasteiger partial charge in [0, 0.05) is 12.5 Å². The Morgan fingerprint density at radius 3 is 2.38 bits per heavy atom. The lowest BCUT2D eigenvalue weighted by Gasteiger charge is -2.18. The minimum atomic E-state index is -4.30. The van der Waals surface area contributed by atoms with Crippen molar-refractivity contribution in [1.82, 2.24) is 5.32 Å². The van der Waals surface area contributed by atoms with Gasteiger partial charge in [0.15, 0.2) is 0 Å². The summed E-state index contributed by atoms with van der Waals surface area (Å²) in [5.41, 5.74) is 0.200. The van der Waals surface area contributed by atoms with Gasteiger partial charge >= 0.3 is 6.18 Å². The number of furan rings is 1. The van der Waals surface area contributed by atoms with Gasteiger partial charge in [-0.2, -0.15) is 13.2 Å². The topological polar surface area (TPSA) is 25.2 Å². The van der Waals surface area contributed by atoms with Gasteiger partial charge in [-0.25, -0.2) is 0 Å². The normalized spacial score (nSPS) is 13.3. The van der Waals surface area contributed by atoms with E-state index < -0.39 is 11.7 Å². The Morgan fingerprint density at radius 2 is 1.86 bits per heavy atom. The maximum atomic E-state index is 12.6. The summed E-state index contributed by atoms with van der Waals surface area (Å²) in [6.07, 6.45) is -1.14. The highest BCUT2D eigenvalue weighted by Crippen LogP contribution is 2.30. The highest BCUT2D eigenvalue weighted by Gasteiger charge is 2.30. The van der Waals surface area contributed by atoms with Crippen LogP contribution in [0.15, 0.2) is 47.1 Å². The fourth-order valence-corrected chi connectivity index (χ4v) is 2.16. The first kappa shape index (κ1) is 15.6. The molecule has 2 rings (SSSR count). The predicted octanol–water partition coefficient (Wildman–Crippen LogP) is 4.58. The first-order valence-electron chi connectivity index (χ1n) is 6.93. The first-order valence-corrected chi connectivity index (χ1v) is 6.93. The predicted molar refractivity (Wildman–Crippen MR) is 74.9 cm³/mol. The molecule has 2 aromatic rings. The van der Waals surface area contributed by atoms with Gasteiger partial charge in [-0.1, -0.05) is 19.1 Å². The first-order chi connectivity index (χ1) is 10.0. The molecule has 0 aliphatic heterocycles. The molecule has 0 amide bonds. The zero-order chi connectivity index (χ0) is 15.3. The lowest BCUT2D eigenvalue weighted by molar-refractivity contribution is -0.137. The second kappa shape index (κ2) is 6.80. The van der Waals surface area contributed by atoms with Crippen LogP contribution in [0.1, 0.15) is 36.3 Å². The fraction of sp³-hybridized carbons (Fsp3) is 0.375. The van der Waals surface area contributed by atoms with Gasteiger partial charge in [-0.05, 0) is 42.8 Å². The Bertz CT molecular complexity index is 532. The number of benzene rings is 1. The Balaban J connectivity index is 2.15. The molecule has 114 valence electrons. The minimum absolute atomic E-state index is 0.0571. The van der Waals surface area contributed by atoms with E-state index >= 15 is 0 Å². The van der Waals surface area contributed by atoms with E-state index in [0.29, 0.717) is 6.42 Å². The fourth-order valence-electron chi connectivity index (χ4n) is 2.16. The summed E-state index contributed by atoms with van der Waals surface area (Å²) in [5, 5.41) is 3.34. The molecule has 21 heavy (non-hydrogen) atoms. The zero-order valence-corrected chi connectivity index (χ0v) is 11.8. The summed E-state index contributed by atoms with van der Waals surface area (Å²) in [6, 6.07) is 8.91. The van der Waals surface area contributed by atoms with Crippen LogP contribution in [0.5, 0.6) is 0 Å². The minimum Gasteiger partial charge on any atom is -0.469 e. The van der Waals surface area contributed by atoms with Crippen LogP contribution in [0, 0.1) is 0 Å². The molecule has 1 N–H and O–H groups in total. The van der Waals surface area contributed by atoms with E-state index in [4.69, 9.17) is 4.42 Å². The molecule has 0 spiro atoms. The van der Waals surface area contributed by atoms with Gasteiger partial charge in [0.2, 0.25) is 0 Å². The third-order valence-electron chi connectivity index (χ3n) is 3.27. The van der Waals surface area contributed by atoms with E-state index in [0.717, 1.165) is 36.4 Å². The van der Waals surface area contributed by atoms with Crippen molar-refractivity contribution in [3.63, 3.8) is 0 Å². The van der Waals surface area contributed by atoms with Crippen molar-refractivity contribution in [2.24, 2.45) is 0 Å². The van der Waals surface area contributed by atoms with Gasteiger partial charge in [0.1, 0.15) is 5.76 Å². The molecule has 1 atom stereocenters. The number of hydrogen-bond donors (Lipinski definition) is 1. The summed E-state index contributed by atoms with van der Waals surface area (Å²) in [7, 11) is 0. The highest BCUT2D eigenvalue weighted by molar-refractivity contribution is 5.27. The van der Waals surface area contributed by atoms with Crippen molar-refractivity contribution in [3.8, 4) is 0 Å². The molecule has 2 nitrogen and oxygen atoms in total. The van der Waals surface area contributed by atoms with Crippen molar-refractivity contribution in [1.29, 1.82) is 0 Å². The van der Waals surface area contributed by atoms with E-state index in [-0.39, 0.29) is 6.04 Å². The van der Waals surface area contributed by atoms with Crippen LogP contribution in [-0.4, -0.2) is 6.54 Å². The van der Waals surface area contributed by atoms with Crippen LogP contribution in [0.3, 0.4) is 0 Å². The Morgan fingerprint density at radius 1 is 1.14 bits per heavy atom. The smallest absolute Gasteiger partial charge is 0.416 e. The van der Waals surface area contributed by atoms with Crippen LogP contribution in [-0.2, 0) is 12.6 Å². The summed E-state index contributed by atoms with van der Waals surface area (Å²) in [6.45, 7) is 2.84. The van der Waals surface area contributed by atoms with Crippen LogP contribution in [0.2, 0.25) is 0 Å². The molecule has 0 saturated heterocycles. The van der Waals surface area contributed by atoms with Crippen LogP contribution in [0.25, 0.3) is 0 Å². The number of rotatable bonds is 6. The lowest BCUT2D eigenvalue weighted by atomic mass is 10.0. The van der Waals surface area contributed by atoms with E-state index in [1.54, 1.807) is 12.3 Å². The molecule has 0 fully saturated rings. The third-order valence-corrected chi connectivity index (χ3v) is 3.27. The molecule has 1 aromatic carbocycles. The monoisotopic (exact) mass is 297 g/mol. The average Bonchev–Trinajstić information content (AvgIpc) is 2.95. The summed E-state index contributed by atoms with van der Waals surface area (Å²) in [5.74, 6) is 0.809. The van der Waals surface area contributed by atoms with Crippen LogP contribution < -0.4 is 5.32 Å². The average molecular weight is 297 g/mol. The number of halogens is 3. The largest absolute Gasteiger partial charge is 0.469 e. The van der Waals surface area contributed by atoms with Gasteiger partial charge in [-0.3, -0.25) is 0 Å². The standard InChI is InChI=1S/C16H18F3NO/c1-2-9-20-15(11-14-4-3-10-21-14)12-5-7-13(8-6-12)16(17,18)19/h3-8,10,15,20H,2,9,11H2,1H3. The van der Waals surface area contributed by atoms with Crippen molar-refractivity contribution < 1.29 is 17.6 Å². The van der Waals surface area contributed by atoms with E-state index in [1.807, 2.05) is 13.0 Å². The Hall–Kier alpha value is -1.75. The van der Waals surface area contributed by atoms with Crippen molar-refractivity contribution >= 4 is 0 Å². The molecule has 0 saturated carbocycles. The molecular weight excluding hydrogens is 279 g/mol. The van der Waals surface area contributed by atoms with E-state index in [9.17, 15) is 13.2 Å². The third kappa shape index (κ3) is 4.36. The van der Waals surface area contributed by atoms with Gasteiger partial charge < -0.3 is 9.73 Å². The SMILES string of the molecule is CCCNC(Cc1ccco1)c1ccc(C(F)(F)F)cc1. The lowest BCUT2D eigenvalue weighted by Crippen LogP contribution is -2.24. The highest BCUT2D eigenvalue weighted by atomic mass is 19.4. The van der Waals surface area contributed by atoms with Gasteiger partial charge in [-0.15, -0.1) is 0 Å². The maximum absolute atomic E-state index is 12.6. The second-order valence-corrected chi connectivity index (χ2v) is 4.91. The molecule has 5 heteroatoms. The van der Waals surface area contributed by atoms with Crippen molar-refractivity contribution in [2.45, 2.75) is 32.0 Å². The summed E-state index contributed by atoms with van der Waals surface area (Å²) < 4.78 is 43.1.